The van der Waals surface area contributed by atoms with Gasteiger partial charge in [-0.15, -0.1) is 0 Å². The second-order valence-electron chi connectivity index (χ2n) is 4.81. The fraction of sp³-hybridized carbons (Fsp3) is 0.571. The lowest BCUT2D eigenvalue weighted by Crippen LogP contribution is -2.16. The van der Waals surface area contributed by atoms with Gasteiger partial charge in [0.05, 0.1) is 12.7 Å². The minimum Gasteiger partial charge on any atom is -0.493 e. The third-order valence-corrected chi connectivity index (χ3v) is 3.52. The fourth-order valence-electron chi connectivity index (χ4n) is 2.35. The van der Waals surface area contributed by atoms with Gasteiger partial charge in [-0.05, 0) is 43.7 Å². The van der Waals surface area contributed by atoms with Gasteiger partial charge in [0, 0.05) is 6.07 Å². The first-order chi connectivity index (χ1) is 8.16. The lowest BCUT2D eigenvalue weighted by atomic mass is 10.0. The second-order valence-corrected chi connectivity index (χ2v) is 4.81. The van der Waals surface area contributed by atoms with Gasteiger partial charge >= 0.3 is 0 Å². The van der Waals surface area contributed by atoms with Crippen molar-refractivity contribution in [1.29, 1.82) is 0 Å². The molecule has 0 aromatic heterocycles. The molecule has 2 unspecified atom stereocenters. The highest BCUT2D eigenvalue weighted by atomic mass is 19.1. The summed E-state index contributed by atoms with van der Waals surface area (Å²) in [4.78, 5) is 0. The normalized spacial score (nSPS) is 23.9. The van der Waals surface area contributed by atoms with Crippen molar-refractivity contribution in [3.8, 4) is 5.75 Å². The second kappa shape index (κ2) is 5.50. The highest BCUT2D eigenvalue weighted by molar-refractivity contribution is 5.27. The monoisotopic (exact) mass is 238 g/mol. The fourth-order valence-corrected chi connectivity index (χ4v) is 2.35. The topological polar surface area (TPSA) is 29.5 Å². The van der Waals surface area contributed by atoms with Gasteiger partial charge < -0.3 is 9.84 Å². The number of halogens is 1. The van der Waals surface area contributed by atoms with Crippen LogP contribution in [0.1, 0.15) is 31.2 Å². The Bertz CT molecular complexity index is 378. The largest absolute Gasteiger partial charge is 0.493 e. The molecular weight excluding hydrogens is 219 g/mol. The van der Waals surface area contributed by atoms with E-state index < -0.39 is 0 Å². The summed E-state index contributed by atoms with van der Waals surface area (Å²) < 4.78 is 18.8. The molecule has 0 radical (unpaired) electrons. The molecule has 0 heterocycles. The molecule has 2 nitrogen and oxygen atoms in total. The summed E-state index contributed by atoms with van der Waals surface area (Å²) in [6.07, 6.45) is 3.76. The molecule has 0 aliphatic heterocycles. The maximum atomic E-state index is 13.2. The molecule has 1 aliphatic rings. The van der Waals surface area contributed by atoms with E-state index in [1.54, 1.807) is 19.1 Å². The summed E-state index contributed by atoms with van der Waals surface area (Å²) in [7, 11) is 0. The van der Waals surface area contributed by atoms with Gasteiger partial charge in [0.1, 0.15) is 11.6 Å². The average molecular weight is 238 g/mol. The Morgan fingerprint density at radius 2 is 2.24 bits per heavy atom. The zero-order valence-corrected chi connectivity index (χ0v) is 10.2. The number of rotatable bonds is 4. The van der Waals surface area contributed by atoms with E-state index >= 15 is 0 Å². The van der Waals surface area contributed by atoms with E-state index in [0.717, 1.165) is 25.7 Å². The molecule has 3 heteroatoms. The predicted molar refractivity (Wildman–Crippen MR) is 64.6 cm³/mol. The number of aliphatic hydroxyl groups excluding tert-OH is 1. The molecule has 0 saturated heterocycles. The quantitative estimate of drug-likeness (QED) is 0.873. The molecule has 0 bridgehead atoms. The van der Waals surface area contributed by atoms with Crippen LogP contribution in [0.15, 0.2) is 18.2 Å². The molecule has 1 fully saturated rings. The van der Waals surface area contributed by atoms with Gasteiger partial charge in [0.15, 0.2) is 0 Å². The Hall–Kier alpha value is -1.09. The van der Waals surface area contributed by atoms with Crippen LogP contribution >= 0.6 is 0 Å². The SMILES string of the molecule is Cc1ccc(OCCC2CCCC2O)cc1F. The van der Waals surface area contributed by atoms with Crippen LogP contribution in [-0.4, -0.2) is 17.8 Å². The van der Waals surface area contributed by atoms with Crippen molar-refractivity contribution in [2.45, 2.75) is 38.7 Å². The predicted octanol–water partition coefficient (Wildman–Crippen LogP) is 3.06. The minimum absolute atomic E-state index is 0.173. The molecule has 1 aromatic rings. The van der Waals surface area contributed by atoms with Gasteiger partial charge in [-0.1, -0.05) is 12.5 Å². The van der Waals surface area contributed by atoms with Crippen LogP contribution in [-0.2, 0) is 0 Å². The van der Waals surface area contributed by atoms with Crippen molar-refractivity contribution in [2.24, 2.45) is 5.92 Å². The Balaban J connectivity index is 1.79. The lowest BCUT2D eigenvalue weighted by Gasteiger charge is -2.14. The lowest BCUT2D eigenvalue weighted by molar-refractivity contribution is 0.117. The van der Waals surface area contributed by atoms with Gasteiger partial charge in [0.25, 0.3) is 0 Å². The molecule has 94 valence electrons. The molecule has 0 amide bonds. The summed E-state index contributed by atoms with van der Waals surface area (Å²) >= 11 is 0. The van der Waals surface area contributed by atoms with Gasteiger partial charge in [0.2, 0.25) is 0 Å². The number of aliphatic hydroxyl groups is 1. The third-order valence-electron chi connectivity index (χ3n) is 3.52. The van der Waals surface area contributed by atoms with Gasteiger partial charge in [-0.2, -0.15) is 0 Å². The molecule has 2 atom stereocenters. The summed E-state index contributed by atoms with van der Waals surface area (Å²) in [6, 6.07) is 4.92. The maximum absolute atomic E-state index is 13.2. The van der Waals surface area contributed by atoms with E-state index in [0.29, 0.717) is 23.8 Å². The molecule has 2 rings (SSSR count). The van der Waals surface area contributed by atoms with Crippen LogP contribution in [0, 0.1) is 18.7 Å². The molecule has 1 aliphatic carbocycles. The minimum atomic E-state index is -0.233. The van der Waals surface area contributed by atoms with Crippen LogP contribution in [0.4, 0.5) is 4.39 Å². The number of ether oxygens (including phenoxy) is 1. The van der Waals surface area contributed by atoms with E-state index in [1.165, 1.54) is 6.07 Å². The van der Waals surface area contributed by atoms with Crippen LogP contribution in [0.25, 0.3) is 0 Å². The first kappa shape index (κ1) is 12.4. The zero-order chi connectivity index (χ0) is 12.3. The van der Waals surface area contributed by atoms with Crippen molar-refractivity contribution in [2.75, 3.05) is 6.61 Å². The van der Waals surface area contributed by atoms with Crippen molar-refractivity contribution in [3.63, 3.8) is 0 Å². The Morgan fingerprint density at radius 3 is 2.88 bits per heavy atom. The summed E-state index contributed by atoms with van der Waals surface area (Å²) in [5.41, 5.74) is 0.628. The first-order valence-electron chi connectivity index (χ1n) is 6.24. The Morgan fingerprint density at radius 1 is 1.41 bits per heavy atom. The molecule has 0 spiro atoms. The molecule has 1 saturated carbocycles. The highest BCUT2D eigenvalue weighted by Crippen LogP contribution is 2.28. The van der Waals surface area contributed by atoms with E-state index in [4.69, 9.17) is 4.74 Å². The van der Waals surface area contributed by atoms with E-state index in [2.05, 4.69) is 0 Å². The van der Waals surface area contributed by atoms with Gasteiger partial charge in [-0.3, -0.25) is 0 Å². The van der Waals surface area contributed by atoms with Crippen LogP contribution in [0.3, 0.4) is 0 Å². The zero-order valence-electron chi connectivity index (χ0n) is 10.2. The van der Waals surface area contributed by atoms with Crippen molar-refractivity contribution < 1.29 is 14.2 Å². The molecule has 17 heavy (non-hydrogen) atoms. The van der Waals surface area contributed by atoms with E-state index in [-0.39, 0.29) is 11.9 Å². The van der Waals surface area contributed by atoms with Crippen molar-refractivity contribution in [3.05, 3.63) is 29.6 Å². The highest BCUT2D eigenvalue weighted by Gasteiger charge is 2.24. The number of benzene rings is 1. The number of aryl methyl sites for hydroxylation is 1. The van der Waals surface area contributed by atoms with Gasteiger partial charge in [-0.25, -0.2) is 4.39 Å². The standard InChI is InChI=1S/C14H19FO2/c1-10-5-6-12(9-13(10)15)17-8-7-11-3-2-4-14(11)16/h5-6,9,11,14,16H,2-4,7-8H2,1H3. The summed E-state index contributed by atoms with van der Waals surface area (Å²) in [5.74, 6) is 0.689. The maximum Gasteiger partial charge on any atom is 0.129 e. The smallest absolute Gasteiger partial charge is 0.129 e. The number of hydrogen-bond acceptors (Lipinski definition) is 2. The van der Waals surface area contributed by atoms with E-state index in [9.17, 15) is 9.50 Å². The molecule has 1 aromatic carbocycles. The van der Waals surface area contributed by atoms with Crippen LogP contribution in [0.5, 0.6) is 5.75 Å². The third kappa shape index (κ3) is 3.19. The molecular formula is C14H19FO2. The van der Waals surface area contributed by atoms with E-state index in [1.807, 2.05) is 0 Å². The summed E-state index contributed by atoms with van der Waals surface area (Å²) in [5, 5.41) is 9.65. The van der Waals surface area contributed by atoms with Crippen LogP contribution in [0.2, 0.25) is 0 Å². The Kier molecular flexibility index (Phi) is 4.00. The van der Waals surface area contributed by atoms with Crippen molar-refractivity contribution in [1.82, 2.24) is 0 Å². The Labute approximate surface area is 101 Å². The van der Waals surface area contributed by atoms with Crippen LogP contribution < -0.4 is 4.74 Å². The number of hydrogen-bond donors (Lipinski definition) is 1. The molecule has 1 N–H and O–H groups in total. The first-order valence-corrected chi connectivity index (χ1v) is 6.24. The van der Waals surface area contributed by atoms with Crippen molar-refractivity contribution >= 4 is 0 Å². The summed E-state index contributed by atoms with van der Waals surface area (Å²) in [6.45, 7) is 2.28. The average Bonchev–Trinajstić information content (AvgIpc) is 2.70.